The van der Waals surface area contributed by atoms with Crippen LogP contribution in [0.1, 0.15) is 30.4 Å². The molecule has 0 atom stereocenters. The monoisotopic (exact) mass is 512 g/mol. The summed E-state index contributed by atoms with van der Waals surface area (Å²) in [6.45, 7) is 0. The Labute approximate surface area is 209 Å². The second-order valence-corrected chi connectivity index (χ2v) is 9.15. The largest absolute Gasteiger partial charge is 0.465 e. The molecule has 0 radical (unpaired) electrons. The zero-order valence-electron chi connectivity index (χ0n) is 18.1. The van der Waals surface area contributed by atoms with Crippen LogP contribution in [0.25, 0.3) is 10.1 Å². The Morgan fingerprint density at radius 3 is 2.35 bits per heavy atom. The molecular formula is C25H18Cl2N2O4S. The van der Waals surface area contributed by atoms with Gasteiger partial charge >= 0.3 is 5.97 Å². The molecule has 6 nitrogen and oxygen atoms in total. The molecule has 1 aromatic heterocycles. The topological polar surface area (TPSA) is 75.7 Å². The number of anilines is 2. The van der Waals surface area contributed by atoms with Crippen LogP contribution in [0.4, 0.5) is 11.4 Å². The minimum Gasteiger partial charge on any atom is -0.465 e. The number of nitrogens with one attached hydrogen (secondary N) is 1. The molecule has 0 unspecified atom stereocenters. The summed E-state index contributed by atoms with van der Waals surface area (Å²) in [6, 6.07) is 18.6. The van der Waals surface area contributed by atoms with Crippen molar-refractivity contribution in [1.29, 1.82) is 0 Å². The minimum atomic E-state index is -0.650. The summed E-state index contributed by atoms with van der Waals surface area (Å²) in [4.78, 5) is 40.3. The van der Waals surface area contributed by atoms with Crippen molar-refractivity contribution >= 4 is 73.8 Å². The lowest BCUT2D eigenvalue weighted by Gasteiger charge is -2.18. The van der Waals surface area contributed by atoms with Gasteiger partial charge in [-0.1, -0.05) is 41.4 Å². The highest BCUT2D eigenvalue weighted by molar-refractivity contribution is 7.21. The highest BCUT2D eigenvalue weighted by Crippen LogP contribution is 2.36. The van der Waals surface area contributed by atoms with Crippen LogP contribution in [0.15, 0.2) is 66.7 Å². The maximum atomic E-state index is 13.1. The first-order valence-electron chi connectivity index (χ1n) is 10.0. The van der Waals surface area contributed by atoms with Gasteiger partial charge in [0.15, 0.2) is 0 Å². The molecule has 0 spiro atoms. The summed E-state index contributed by atoms with van der Waals surface area (Å²) in [7, 11) is 2.86. The highest BCUT2D eigenvalue weighted by Gasteiger charge is 2.22. The number of hydrogen-bond donors (Lipinski definition) is 1. The molecular weight excluding hydrogens is 495 g/mol. The molecule has 0 aliphatic rings. The molecule has 1 N–H and O–H groups in total. The number of thiophene rings is 1. The summed E-state index contributed by atoms with van der Waals surface area (Å²) in [5.74, 6) is -1.48. The molecule has 2 amide bonds. The molecule has 0 saturated carbocycles. The van der Waals surface area contributed by atoms with Gasteiger partial charge in [-0.25, -0.2) is 4.79 Å². The summed E-state index contributed by atoms with van der Waals surface area (Å²) in [5.41, 5.74) is 1.15. The molecule has 4 aromatic rings. The van der Waals surface area contributed by atoms with Crippen molar-refractivity contribution in [2.24, 2.45) is 0 Å². The molecule has 0 aliphatic carbocycles. The van der Waals surface area contributed by atoms with Crippen LogP contribution in [0.5, 0.6) is 0 Å². The Morgan fingerprint density at radius 2 is 1.68 bits per heavy atom. The number of methoxy groups -OCH3 is 1. The van der Waals surface area contributed by atoms with E-state index in [9.17, 15) is 14.4 Å². The van der Waals surface area contributed by atoms with Crippen LogP contribution < -0.4 is 10.2 Å². The number of esters is 1. The summed E-state index contributed by atoms with van der Waals surface area (Å²) in [6.07, 6.45) is 0. The number of carbonyl (C=O) groups is 3. The molecule has 3 aromatic carbocycles. The van der Waals surface area contributed by atoms with Gasteiger partial charge in [-0.05, 0) is 48.5 Å². The van der Waals surface area contributed by atoms with Gasteiger partial charge in [0.1, 0.15) is 4.88 Å². The predicted octanol–water partition coefficient (Wildman–Crippen LogP) is 6.52. The standard InChI is InChI=1S/C25H18Cl2N2O4S/c1-29(16-10-8-15(26)9-11-16)24(31)14-7-12-17(25(32)33-2)19(13-14)28-23(30)22-21(27)18-5-3-4-6-20(18)34-22/h3-13H,1-2H3,(H,28,30). The number of hydrogen-bond acceptors (Lipinski definition) is 5. The average Bonchev–Trinajstić information content (AvgIpc) is 3.19. The normalized spacial score (nSPS) is 10.7. The van der Waals surface area contributed by atoms with Gasteiger partial charge in [0.05, 0.1) is 23.4 Å². The first-order valence-corrected chi connectivity index (χ1v) is 11.6. The predicted molar refractivity (Wildman–Crippen MR) is 137 cm³/mol. The van der Waals surface area contributed by atoms with Crippen molar-refractivity contribution in [2.45, 2.75) is 0 Å². The molecule has 0 saturated heterocycles. The Bertz CT molecular complexity index is 1420. The van der Waals surface area contributed by atoms with Gasteiger partial charge < -0.3 is 15.0 Å². The number of amides is 2. The van der Waals surface area contributed by atoms with E-state index in [1.165, 1.54) is 41.5 Å². The molecule has 0 bridgehead atoms. The maximum absolute atomic E-state index is 13.1. The number of carbonyl (C=O) groups excluding carboxylic acids is 3. The Kier molecular flexibility index (Phi) is 6.88. The number of benzene rings is 3. The molecule has 0 fully saturated rings. The molecule has 1 heterocycles. The van der Waals surface area contributed by atoms with Crippen molar-refractivity contribution in [3.05, 3.63) is 92.8 Å². The third-order valence-corrected chi connectivity index (χ3v) is 7.11. The number of halogens is 2. The first-order chi connectivity index (χ1) is 16.3. The van der Waals surface area contributed by atoms with E-state index in [1.807, 2.05) is 24.3 Å². The lowest BCUT2D eigenvalue weighted by atomic mass is 10.1. The minimum absolute atomic E-state index is 0.110. The van der Waals surface area contributed by atoms with Crippen molar-refractivity contribution in [2.75, 3.05) is 24.4 Å². The highest BCUT2D eigenvalue weighted by atomic mass is 35.5. The van der Waals surface area contributed by atoms with Gasteiger partial charge in [0.25, 0.3) is 11.8 Å². The number of fused-ring (bicyclic) bond motifs is 1. The first kappa shape index (κ1) is 23.8. The SMILES string of the molecule is COC(=O)c1ccc(C(=O)N(C)c2ccc(Cl)cc2)cc1NC(=O)c1sc2ccccc2c1Cl. The fraction of sp³-hybridized carbons (Fsp3) is 0.0800. The van der Waals surface area contributed by atoms with Crippen LogP contribution in [0.3, 0.4) is 0 Å². The van der Waals surface area contributed by atoms with E-state index in [4.69, 9.17) is 27.9 Å². The zero-order chi connectivity index (χ0) is 24.4. The number of ether oxygens (including phenoxy) is 1. The third kappa shape index (κ3) is 4.63. The number of rotatable bonds is 5. The van der Waals surface area contributed by atoms with Crippen LogP contribution >= 0.6 is 34.5 Å². The Balaban J connectivity index is 1.68. The molecule has 0 aliphatic heterocycles. The third-order valence-electron chi connectivity index (χ3n) is 5.18. The fourth-order valence-electron chi connectivity index (χ4n) is 3.38. The van der Waals surface area contributed by atoms with Crippen molar-refractivity contribution in [3.63, 3.8) is 0 Å². The van der Waals surface area contributed by atoms with Gasteiger partial charge in [0.2, 0.25) is 0 Å². The Morgan fingerprint density at radius 1 is 0.971 bits per heavy atom. The molecule has 34 heavy (non-hydrogen) atoms. The maximum Gasteiger partial charge on any atom is 0.339 e. The van der Waals surface area contributed by atoms with Crippen LogP contribution in [-0.4, -0.2) is 31.9 Å². The van der Waals surface area contributed by atoms with Crippen molar-refractivity contribution in [1.82, 2.24) is 0 Å². The van der Waals surface area contributed by atoms with Crippen LogP contribution in [-0.2, 0) is 4.74 Å². The van der Waals surface area contributed by atoms with E-state index in [1.54, 1.807) is 31.3 Å². The van der Waals surface area contributed by atoms with E-state index in [0.29, 0.717) is 20.6 Å². The zero-order valence-corrected chi connectivity index (χ0v) is 20.4. The second-order valence-electron chi connectivity index (χ2n) is 7.29. The average molecular weight is 513 g/mol. The summed E-state index contributed by atoms with van der Waals surface area (Å²) >= 11 is 13.6. The smallest absolute Gasteiger partial charge is 0.339 e. The van der Waals surface area contributed by atoms with Gasteiger partial charge in [-0.2, -0.15) is 0 Å². The number of nitrogens with zero attached hydrogens (tertiary/aromatic N) is 1. The quantitative estimate of drug-likeness (QED) is 0.308. The van der Waals surface area contributed by atoms with E-state index in [0.717, 1.165) is 10.1 Å². The fourth-order valence-corrected chi connectivity index (χ4v) is 4.92. The van der Waals surface area contributed by atoms with E-state index >= 15 is 0 Å². The summed E-state index contributed by atoms with van der Waals surface area (Å²) in [5, 5.41) is 4.37. The van der Waals surface area contributed by atoms with Crippen LogP contribution in [0, 0.1) is 0 Å². The lowest BCUT2D eigenvalue weighted by Crippen LogP contribution is -2.26. The van der Waals surface area contributed by atoms with E-state index < -0.39 is 11.9 Å². The van der Waals surface area contributed by atoms with E-state index in [-0.39, 0.29) is 22.7 Å². The lowest BCUT2D eigenvalue weighted by molar-refractivity contribution is 0.0601. The van der Waals surface area contributed by atoms with Gasteiger partial charge in [-0.3, -0.25) is 9.59 Å². The molecule has 172 valence electrons. The van der Waals surface area contributed by atoms with Gasteiger partial charge in [0, 0.05) is 33.4 Å². The molecule has 4 rings (SSSR count). The summed E-state index contributed by atoms with van der Waals surface area (Å²) < 4.78 is 5.70. The second kappa shape index (κ2) is 9.85. The Hall–Kier alpha value is -3.39. The van der Waals surface area contributed by atoms with E-state index in [2.05, 4.69) is 5.32 Å². The molecule has 9 heteroatoms. The van der Waals surface area contributed by atoms with Crippen molar-refractivity contribution in [3.8, 4) is 0 Å². The van der Waals surface area contributed by atoms with Crippen molar-refractivity contribution < 1.29 is 19.1 Å². The van der Waals surface area contributed by atoms with Gasteiger partial charge in [-0.15, -0.1) is 11.3 Å². The van der Waals surface area contributed by atoms with Crippen LogP contribution in [0.2, 0.25) is 10.0 Å².